The highest BCUT2D eigenvalue weighted by Crippen LogP contribution is 2.26. The summed E-state index contributed by atoms with van der Waals surface area (Å²) in [4.78, 5) is 15.0. The van der Waals surface area contributed by atoms with Gasteiger partial charge in [0.05, 0.1) is 5.02 Å². The highest BCUT2D eigenvalue weighted by molar-refractivity contribution is 6.41. The molecule has 1 amide bonds. The van der Waals surface area contributed by atoms with Crippen LogP contribution in [-0.2, 0) is 7.05 Å². The van der Waals surface area contributed by atoms with Crippen molar-refractivity contribution in [1.82, 2.24) is 14.8 Å². The lowest BCUT2D eigenvalue weighted by molar-refractivity contribution is 0.0893. The molecule has 134 valence electrons. The third kappa shape index (κ3) is 4.27. The third-order valence-corrected chi connectivity index (χ3v) is 6.35. The maximum absolute atomic E-state index is 12.4. The molecule has 2 aliphatic rings. The summed E-state index contributed by atoms with van der Waals surface area (Å²) in [6.45, 7) is 3.40. The minimum absolute atomic E-state index is 0.0861. The topological polar surface area (TPSA) is 37.3 Å². The molecule has 1 saturated carbocycles. The Balaban J connectivity index is 1.46. The van der Waals surface area contributed by atoms with E-state index in [4.69, 9.17) is 23.2 Å². The first-order valence-corrected chi connectivity index (χ1v) is 9.84. The van der Waals surface area contributed by atoms with E-state index in [9.17, 15) is 4.79 Å². The number of piperidine rings is 1. The van der Waals surface area contributed by atoms with Gasteiger partial charge in [0, 0.05) is 32.7 Å². The van der Waals surface area contributed by atoms with Crippen molar-refractivity contribution in [2.24, 2.45) is 13.0 Å². The van der Waals surface area contributed by atoms with Crippen LogP contribution in [0.4, 0.5) is 0 Å². The number of nitrogens with zero attached hydrogens (tertiary/aromatic N) is 2. The number of hydrogen-bond acceptors (Lipinski definition) is 2. The SMILES string of the molecule is Cn1c(C(=O)NC2CCN(CC3CCCCC3)CC2)cc(Cl)c1Cl. The van der Waals surface area contributed by atoms with Gasteiger partial charge in [-0.05, 0) is 37.7 Å². The summed E-state index contributed by atoms with van der Waals surface area (Å²) in [7, 11) is 1.76. The van der Waals surface area contributed by atoms with Crippen molar-refractivity contribution in [1.29, 1.82) is 0 Å². The molecule has 3 rings (SSSR count). The Morgan fingerprint density at radius 3 is 2.42 bits per heavy atom. The van der Waals surface area contributed by atoms with E-state index in [0.29, 0.717) is 15.9 Å². The van der Waals surface area contributed by atoms with E-state index in [1.165, 1.54) is 38.6 Å². The Bertz CT molecular complexity index is 573. The number of carbonyl (C=O) groups is 1. The van der Waals surface area contributed by atoms with Crippen molar-refractivity contribution in [3.8, 4) is 0 Å². The summed E-state index contributed by atoms with van der Waals surface area (Å²) >= 11 is 12.0. The zero-order chi connectivity index (χ0) is 17.1. The van der Waals surface area contributed by atoms with Crippen LogP contribution in [0, 0.1) is 5.92 Å². The molecule has 2 fully saturated rings. The third-order valence-electron chi connectivity index (χ3n) is 5.51. The van der Waals surface area contributed by atoms with Gasteiger partial charge in [0.2, 0.25) is 0 Å². The standard InChI is InChI=1S/C18H27Cl2N3O/c1-22-16(11-15(19)17(22)20)18(24)21-14-7-9-23(10-8-14)12-13-5-3-2-4-6-13/h11,13-14H,2-10,12H2,1H3,(H,21,24). The second-order valence-corrected chi connectivity index (χ2v) is 8.04. The van der Waals surface area contributed by atoms with Crippen LogP contribution in [0.5, 0.6) is 0 Å². The number of likely N-dealkylation sites (tertiary alicyclic amines) is 1. The fourth-order valence-electron chi connectivity index (χ4n) is 4.01. The second kappa shape index (κ2) is 8.11. The molecular formula is C18H27Cl2N3O. The van der Waals surface area contributed by atoms with Gasteiger partial charge in [0.1, 0.15) is 10.8 Å². The van der Waals surface area contributed by atoms with E-state index in [1.807, 2.05) is 0 Å². The Morgan fingerprint density at radius 1 is 1.17 bits per heavy atom. The van der Waals surface area contributed by atoms with Gasteiger partial charge in [-0.25, -0.2) is 0 Å². The predicted octanol–water partition coefficient (Wildman–Crippen LogP) is 4.11. The summed E-state index contributed by atoms with van der Waals surface area (Å²) in [5.41, 5.74) is 0.523. The van der Waals surface area contributed by atoms with Gasteiger partial charge >= 0.3 is 0 Å². The van der Waals surface area contributed by atoms with Gasteiger partial charge < -0.3 is 14.8 Å². The van der Waals surface area contributed by atoms with Crippen LogP contribution in [0.1, 0.15) is 55.4 Å². The number of rotatable bonds is 4. The molecule has 6 heteroatoms. The minimum Gasteiger partial charge on any atom is -0.348 e. The lowest BCUT2D eigenvalue weighted by Crippen LogP contribution is -2.46. The quantitative estimate of drug-likeness (QED) is 0.864. The van der Waals surface area contributed by atoms with Crippen molar-refractivity contribution in [3.05, 3.63) is 21.9 Å². The molecule has 0 radical (unpaired) electrons. The van der Waals surface area contributed by atoms with Crippen molar-refractivity contribution in [2.45, 2.75) is 51.0 Å². The molecule has 0 bridgehead atoms. The van der Waals surface area contributed by atoms with Crippen LogP contribution in [0.15, 0.2) is 6.07 Å². The van der Waals surface area contributed by atoms with Crippen molar-refractivity contribution < 1.29 is 4.79 Å². The molecule has 0 atom stereocenters. The summed E-state index contributed by atoms with van der Waals surface area (Å²) in [6.07, 6.45) is 9.04. The van der Waals surface area contributed by atoms with Gasteiger partial charge in [-0.15, -0.1) is 0 Å². The fraction of sp³-hybridized carbons (Fsp3) is 0.722. The van der Waals surface area contributed by atoms with Crippen LogP contribution in [0.25, 0.3) is 0 Å². The summed E-state index contributed by atoms with van der Waals surface area (Å²) in [5.74, 6) is 0.801. The number of aromatic nitrogens is 1. The van der Waals surface area contributed by atoms with Crippen LogP contribution in [0.3, 0.4) is 0 Å². The lowest BCUT2D eigenvalue weighted by Gasteiger charge is -2.35. The van der Waals surface area contributed by atoms with Crippen LogP contribution in [-0.4, -0.2) is 41.1 Å². The first-order chi connectivity index (χ1) is 11.5. The highest BCUT2D eigenvalue weighted by Gasteiger charge is 2.25. The predicted molar refractivity (Wildman–Crippen MR) is 98.9 cm³/mol. The Labute approximate surface area is 154 Å². The first kappa shape index (κ1) is 18.1. The molecule has 24 heavy (non-hydrogen) atoms. The molecule has 0 unspecified atom stereocenters. The molecule has 1 aliphatic carbocycles. The van der Waals surface area contributed by atoms with Crippen molar-refractivity contribution >= 4 is 29.1 Å². The van der Waals surface area contributed by atoms with Crippen molar-refractivity contribution in [2.75, 3.05) is 19.6 Å². The molecule has 0 spiro atoms. The number of halogens is 2. The summed E-state index contributed by atoms with van der Waals surface area (Å²) < 4.78 is 1.64. The van der Waals surface area contributed by atoms with Gasteiger partial charge in [-0.1, -0.05) is 42.5 Å². The van der Waals surface area contributed by atoms with Crippen LogP contribution in [0.2, 0.25) is 10.2 Å². The zero-order valence-corrected chi connectivity index (χ0v) is 15.9. The molecule has 1 aromatic heterocycles. The van der Waals surface area contributed by atoms with E-state index in [0.717, 1.165) is 31.8 Å². The molecule has 4 nitrogen and oxygen atoms in total. The fourth-order valence-corrected chi connectivity index (χ4v) is 4.39. The lowest BCUT2D eigenvalue weighted by atomic mass is 9.88. The molecule has 2 heterocycles. The number of hydrogen-bond donors (Lipinski definition) is 1. The van der Waals surface area contributed by atoms with Gasteiger partial charge in [-0.3, -0.25) is 4.79 Å². The monoisotopic (exact) mass is 371 g/mol. The average Bonchev–Trinajstić information content (AvgIpc) is 2.85. The first-order valence-electron chi connectivity index (χ1n) is 9.08. The molecular weight excluding hydrogens is 345 g/mol. The van der Waals surface area contributed by atoms with Crippen molar-refractivity contribution in [3.63, 3.8) is 0 Å². The van der Waals surface area contributed by atoms with E-state index < -0.39 is 0 Å². The molecule has 1 aliphatic heterocycles. The van der Waals surface area contributed by atoms with Gasteiger partial charge in [-0.2, -0.15) is 0 Å². The Morgan fingerprint density at radius 2 is 1.83 bits per heavy atom. The number of carbonyl (C=O) groups excluding carboxylic acids is 1. The van der Waals surface area contributed by atoms with Gasteiger partial charge in [0.25, 0.3) is 5.91 Å². The van der Waals surface area contributed by atoms with E-state index in [1.54, 1.807) is 17.7 Å². The summed E-state index contributed by atoms with van der Waals surface area (Å²) in [5, 5.41) is 3.97. The largest absolute Gasteiger partial charge is 0.348 e. The zero-order valence-electron chi connectivity index (χ0n) is 14.4. The number of amides is 1. The molecule has 0 aromatic carbocycles. The average molecular weight is 372 g/mol. The molecule has 1 aromatic rings. The Hall–Kier alpha value is -0.710. The molecule has 1 N–H and O–H groups in total. The van der Waals surface area contributed by atoms with E-state index in [-0.39, 0.29) is 11.9 Å². The smallest absolute Gasteiger partial charge is 0.268 e. The van der Waals surface area contributed by atoms with E-state index >= 15 is 0 Å². The number of nitrogens with one attached hydrogen (secondary N) is 1. The normalized spacial score (nSPS) is 21.1. The second-order valence-electron chi connectivity index (χ2n) is 7.28. The Kier molecular flexibility index (Phi) is 6.12. The van der Waals surface area contributed by atoms with E-state index in [2.05, 4.69) is 10.2 Å². The minimum atomic E-state index is -0.0861. The maximum Gasteiger partial charge on any atom is 0.268 e. The highest BCUT2D eigenvalue weighted by atomic mass is 35.5. The summed E-state index contributed by atoms with van der Waals surface area (Å²) in [6, 6.07) is 1.88. The molecule has 1 saturated heterocycles. The van der Waals surface area contributed by atoms with Crippen LogP contribution < -0.4 is 5.32 Å². The van der Waals surface area contributed by atoms with Crippen LogP contribution >= 0.6 is 23.2 Å². The van der Waals surface area contributed by atoms with Gasteiger partial charge in [0.15, 0.2) is 0 Å². The maximum atomic E-state index is 12.4.